The van der Waals surface area contributed by atoms with E-state index in [0.29, 0.717) is 30.3 Å². The number of amides is 2. The minimum atomic E-state index is -0.141. The molecule has 1 aliphatic rings. The normalized spacial score (nSPS) is 14.2. The van der Waals surface area contributed by atoms with Gasteiger partial charge >= 0.3 is 0 Å². The Morgan fingerprint density at radius 1 is 0.710 bits per heavy atom. The lowest BCUT2D eigenvalue weighted by atomic mass is 9.95. The SMILES string of the molecule is O=C(NCCNC(=O)c1ccc2ccccc2c1)c1ccc(NC2CCCCC2)cc1. The molecule has 5 heteroatoms. The highest BCUT2D eigenvalue weighted by Gasteiger charge is 2.13. The van der Waals surface area contributed by atoms with E-state index in [1.807, 2.05) is 66.7 Å². The molecule has 3 aromatic carbocycles. The van der Waals surface area contributed by atoms with E-state index in [2.05, 4.69) is 16.0 Å². The molecule has 1 saturated carbocycles. The summed E-state index contributed by atoms with van der Waals surface area (Å²) in [5.74, 6) is -0.276. The smallest absolute Gasteiger partial charge is 0.251 e. The second-order valence-electron chi connectivity index (χ2n) is 8.13. The molecule has 160 valence electrons. The van der Waals surface area contributed by atoms with E-state index in [0.717, 1.165) is 16.5 Å². The Bertz CT molecular complexity index is 1040. The van der Waals surface area contributed by atoms with Gasteiger partial charge in [-0.25, -0.2) is 0 Å². The maximum Gasteiger partial charge on any atom is 0.251 e. The maximum absolute atomic E-state index is 12.4. The molecular weight excluding hydrogens is 386 g/mol. The summed E-state index contributed by atoms with van der Waals surface area (Å²) in [4.78, 5) is 24.7. The monoisotopic (exact) mass is 415 g/mol. The van der Waals surface area contributed by atoms with Crippen LogP contribution in [0.4, 0.5) is 5.69 Å². The van der Waals surface area contributed by atoms with Gasteiger partial charge in [-0.1, -0.05) is 49.6 Å². The first-order valence-electron chi connectivity index (χ1n) is 11.1. The molecule has 0 saturated heterocycles. The summed E-state index contributed by atoms with van der Waals surface area (Å²) >= 11 is 0. The van der Waals surface area contributed by atoms with Crippen LogP contribution in [0.25, 0.3) is 10.8 Å². The Morgan fingerprint density at radius 3 is 2.03 bits per heavy atom. The summed E-state index contributed by atoms with van der Waals surface area (Å²) in [5, 5.41) is 11.4. The van der Waals surface area contributed by atoms with Crippen LogP contribution in [0.2, 0.25) is 0 Å². The zero-order valence-electron chi connectivity index (χ0n) is 17.7. The van der Waals surface area contributed by atoms with Crippen LogP contribution in [0.1, 0.15) is 52.8 Å². The van der Waals surface area contributed by atoms with E-state index in [-0.39, 0.29) is 11.8 Å². The van der Waals surface area contributed by atoms with E-state index in [1.165, 1.54) is 32.1 Å². The Morgan fingerprint density at radius 2 is 1.32 bits per heavy atom. The van der Waals surface area contributed by atoms with Crippen molar-refractivity contribution in [1.29, 1.82) is 0 Å². The van der Waals surface area contributed by atoms with E-state index in [9.17, 15) is 9.59 Å². The first-order valence-corrected chi connectivity index (χ1v) is 11.1. The van der Waals surface area contributed by atoms with Gasteiger partial charge in [-0.2, -0.15) is 0 Å². The first-order chi connectivity index (χ1) is 15.2. The van der Waals surface area contributed by atoms with E-state index < -0.39 is 0 Å². The predicted molar refractivity (Wildman–Crippen MR) is 126 cm³/mol. The molecule has 0 radical (unpaired) electrons. The van der Waals surface area contributed by atoms with Crippen LogP contribution >= 0.6 is 0 Å². The van der Waals surface area contributed by atoms with Crippen molar-refractivity contribution in [3.05, 3.63) is 77.9 Å². The standard InChI is InChI=1S/C26H29N3O2/c30-25(20-12-14-24(15-13-20)29-23-8-2-1-3-9-23)27-16-17-28-26(31)22-11-10-19-6-4-5-7-21(19)18-22/h4-7,10-15,18,23,29H,1-3,8-9,16-17H2,(H,27,30)(H,28,31). The molecule has 0 heterocycles. The molecule has 0 bridgehead atoms. The third kappa shape index (κ3) is 5.63. The number of carbonyl (C=O) groups is 2. The zero-order chi connectivity index (χ0) is 21.5. The third-order valence-corrected chi connectivity index (χ3v) is 5.83. The molecule has 1 fully saturated rings. The fourth-order valence-electron chi connectivity index (χ4n) is 4.09. The quantitative estimate of drug-likeness (QED) is 0.488. The van der Waals surface area contributed by atoms with Crippen LogP contribution in [0, 0.1) is 0 Å². The number of rotatable bonds is 7. The van der Waals surface area contributed by atoms with Crippen LogP contribution in [0.3, 0.4) is 0 Å². The van der Waals surface area contributed by atoms with Crippen molar-refractivity contribution in [2.75, 3.05) is 18.4 Å². The Kier molecular flexibility index (Phi) is 6.82. The van der Waals surface area contributed by atoms with Crippen molar-refractivity contribution in [2.24, 2.45) is 0 Å². The van der Waals surface area contributed by atoms with Crippen LogP contribution in [0.5, 0.6) is 0 Å². The predicted octanol–water partition coefficient (Wildman–Crippen LogP) is 4.74. The maximum atomic E-state index is 12.4. The molecule has 5 nitrogen and oxygen atoms in total. The van der Waals surface area contributed by atoms with Gasteiger partial charge in [0.25, 0.3) is 11.8 Å². The van der Waals surface area contributed by atoms with Crippen molar-refractivity contribution in [1.82, 2.24) is 10.6 Å². The highest BCUT2D eigenvalue weighted by molar-refractivity contribution is 5.98. The van der Waals surface area contributed by atoms with Crippen molar-refractivity contribution in [2.45, 2.75) is 38.1 Å². The van der Waals surface area contributed by atoms with Gasteiger partial charge in [0.1, 0.15) is 0 Å². The summed E-state index contributed by atoms with van der Waals surface area (Å²) in [6, 6.07) is 21.7. The van der Waals surface area contributed by atoms with Crippen molar-refractivity contribution < 1.29 is 9.59 Å². The molecule has 0 atom stereocenters. The van der Waals surface area contributed by atoms with Gasteiger partial charge in [0.15, 0.2) is 0 Å². The molecule has 0 unspecified atom stereocenters. The first kappa shape index (κ1) is 20.9. The highest BCUT2D eigenvalue weighted by atomic mass is 16.2. The lowest BCUT2D eigenvalue weighted by Gasteiger charge is -2.23. The summed E-state index contributed by atoms with van der Waals surface area (Å²) < 4.78 is 0. The second-order valence-corrected chi connectivity index (χ2v) is 8.13. The van der Waals surface area contributed by atoms with Crippen molar-refractivity contribution in [3.8, 4) is 0 Å². The highest BCUT2D eigenvalue weighted by Crippen LogP contribution is 2.22. The molecule has 31 heavy (non-hydrogen) atoms. The van der Waals surface area contributed by atoms with Gasteiger partial charge in [0.05, 0.1) is 0 Å². The van der Waals surface area contributed by atoms with Gasteiger partial charge in [-0.05, 0) is 60.0 Å². The summed E-state index contributed by atoms with van der Waals surface area (Å²) in [5.41, 5.74) is 2.30. The number of benzene rings is 3. The van der Waals surface area contributed by atoms with Gasteiger partial charge in [-0.15, -0.1) is 0 Å². The van der Waals surface area contributed by atoms with E-state index >= 15 is 0 Å². The molecule has 0 aromatic heterocycles. The number of anilines is 1. The molecule has 4 rings (SSSR count). The Labute approximate surface area is 183 Å². The molecule has 1 aliphatic carbocycles. The summed E-state index contributed by atoms with van der Waals surface area (Å²) in [6.45, 7) is 0.749. The number of nitrogens with one attached hydrogen (secondary N) is 3. The van der Waals surface area contributed by atoms with Crippen LogP contribution in [-0.4, -0.2) is 30.9 Å². The van der Waals surface area contributed by atoms with Crippen LogP contribution in [-0.2, 0) is 0 Å². The third-order valence-electron chi connectivity index (χ3n) is 5.83. The molecule has 3 N–H and O–H groups in total. The van der Waals surface area contributed by atoms with E-state index in [1.54, 1.807) is 0 Å². The van der Waals surface area contributed by atoms with Crippen molar-refractivity contribution >= 4 is 28.3 Å². The lowest BCUT2D eigenvalue weighted by Crippen LogP contribution is -2.34. The topological polar surface area (TPSA) is 70.2 Å². The lowest BCUT2D eigenvalue weighted by molar-refractivity contribution is 0.0928. The molecule has 0 spiro atoms. The average molecular weight is 416 g/mol. The zero-order valence-corrected chi connectivity index (χ0v) is 17.7. The largest absolute Gasteiger partial charge is 0.382 e. The minimum Gasteiger partial charge on any atom is -0.382 e. The number of hydrogen-bond acceptors (Lipinski definition) is 3. The van der Waals surface area contributed by atoms with Crippen LogP contribution < -0.4 is 16.0 Å². The fourth-order valence-corrected chi connectivity index (χ4v) is 4.09. The van der Waals surface area contributed by atoms with Gasteiger partial charge in [-0.3, -0.25) is 9.59 Å². The minimum absolute atomic E-state index is 0.135. The second kappa shape index (κ2) is 10.1. The number of fused-ring (bicyclic) bond motifs is 1. The molecule has 0 aliphatic heterocycles. The number of carbonyl (C=O) groups excluding carboxylic acids is 2. The Hall–Kier alpha value is -3.34. The number of hydrogen-bond donors (Lipinski definition) is 3. The van der Waals surface area contributed by atoms with Gasteiger partial charge in [0.2, 0.25) is 0 Å². The molecule has 2 amide bonds. The van der Waals surface area contributed by atoms with Crippen LogP contribution in [0.15, 0.2) is 66.7 Å². The van der Waals surface area contributed by atoms with Gasteiger partial charge < -0.3 is 16.0 Å². The molecular formula is C26H29N3O2. The summed E-state index contributed by atoms with van der Waals surface area (Å²) in [6.07, 6.45) is 6.34. The summed E-state index contributed by atoms with van der Waals surface area (Å²) in [7, 11) is 0. The fraction of sp³-hybridized carbons (Fsp3) is 0.308. The average Bonchev–Trinajstić information content (AvgIpc) is 2.82. The van der Waals surface area contributed by atoms with Crippen molar-refractivity contribution in [3.63, 3.8) is 0 Å². The molecule has 3 aromatic rings. The van der Waals surface area contributed by atoms with Gasteiger partial charge in [0, 0.05) is 35.9 Å². The Balaban J connectivity index is 1.21. The van der Waals surface area contributed by atoms with E-state index in [4.69, 9.17) is 0 Å².